The molecule has 0 heterocycles. The van der Waals surface area contributed by atoms with Crippen LogP contribution in [0.15, 0.2) is 30.3 Å². The topological polar surface area (TPSA) is 26.3 Å². The molecule has 2 nitrogen and oxygen atoms in total. The predicted molar refractivity (Wildman–Crippen MR) is 121 cm³/mol. The number of carbonyl (C=O) groups is 1. The van der Waals surface area contributed by atoms with Gasteiger partial charge in [0.05, 0.1) is 0 Å². The molecule has 27 heavy (non-hydrogen) atoms. The molecule has 0 N–H and O–H groups in total. The number of ether oxygens (including phenoxy) is 1. The molecule has 1 rings (SSSR count). The van der Waals surface area contributed by atoms with Gasteiger partial charge < -0.3 is 0 Å². The van der Waals surface area contributed by atoms with Gasteiger partial charge in [-0.3, -0.25) is 0 Å². The van der Waals surface area contributed by atoms with Crippen LogP contribution in [-0.4, -0.2) is 31.0 Å². The monoisotopic (exact) mass is 500 g/mol. The third kappa shape index (κ3) is 8.19. The zero-order chi connectivity index (χ0) is 20.1. The van der Waals surface area contributed by atoms with Crippen molar-refractivity contribution in [3.63, 3.8) is 0 Å². The number of carbonyl (C=O) groups excluding carboxylic acids is 1. The summed E-state index contributed by atoms with van der Waals surface area (Å²) >= 11 is 3.38. The Kier molecular flexibility index (Phi) is 12.4. The Morgan fingerprint density at radius 1 is 0.926 bits per heavy atom. The van der Waals surface area contributed by atoms with Crippen molar-refractivity contribution in [1.29, 1.82) is 0 Å². The molecule has 0 aliphatic carbocycles. The first kappa shape index (κ1) is 24.6. The maximum atomic E-state index is 12.5. The molecule has 0 atom stereocenters. The molecule has 1 aromatic carbocycles. The van der Waals surface area contributed by atoms with Crippen molar-refractivity contribution in [2.45, 2.75) is 79.5 Å². The predicted octanol–water partition coefficient (Wildman–Crippen LogP) is 7.67. The second kappa shape index (κ2) is 13.7. The maximum absolute atomic E-state index is 12.5. The number of benzene rings is 1. The summed E-state index contributed by atoms with van der Waals surface area (Å²) in [5.41, 5.74) is 1.19. The van der Waals surface area contributed by atoms with Crippen molar-refractivity contribution >= 4 is 39.5 Å². The van der Waals surface area contributed by atoms with Gasteiger partial charge in [-0.2, -0.15) is 0 Å². The van der Waals surface area contributed by atoms with Gasteiger partial charge in [-0.15, -0.1) is 0 Å². The minimum absolute atomic E-state index is 0.187. The SMILES string of the molecule is CCC[CH2][Sn]([CH2]CCC)([CH2]CCC)/[C](=C\C(=O)OCC)c1ccc(Cl)cc1. The van der Waals surface area contributed by atoms with Crippen LogP contribution in [0.2, 0.25) is 18.3 Å². The Hall–Kier alpha value is -0.481. The van der Waals surface area contributed by atoms with Gasteiger partial charge in [0, 0.05) is 0 Å². The summed E-state index contributed by atoms with van der Waals surface area (Å²) in [7, 11) is 0. The number of esters is 1. The molecule has 1 aromatic rings. The van der Waals surface area contributed by atoms with Crippen molar-refractivity contribution in [3.8, 4) is 0 Å². The fraction of sp³-hybridized carbons (Fsp3) is 0.609. The summed E-state index contributed by atoms with van der Waals surface area (Å²) in [5, 5.41) is 0.741. The number of unbranched alkanes of at least 4 members (excludes halogenated alkanes) is 3. The van der Waals surface area contributed by atoms with E-state index in [2.05, 4.69) is 32.9 Å². The first-order valence-corrected chi connectivity index (χ1v) is 18.5. The van der Waals surface area contributed by atoms with Crippen LogP contribution in [0.1, 0.15) is 71.8 Å². The molecule has 0 aromatic heterocycles. The average molecular weight is 500 g/mol. The van der Waals surface area contributed by atoms with Crippen LogP contribution in [0, 0.1) is 0 Å². The molecule has 0 fully saturated rings. The van der Waals surface area contributed by atoms with E-state index in [1.807, 2.05) is 25.1 Å². The molecule has 0 saturated carbocycles. The fourth-order valence-corrected chi connectivity index (χ4v) is 20.6. The molecule has 0 amide bonds. The quantitative estimate of drug-likeness (QED) is 0.158. The van der Waals surface area contributed by atoms with Gasteiger partial charge in [-0.05, 0) is 0 Å². The van der Waals surface area contributed by atoms with Crippen LogP contribution in [0.4, 0.5) is 0 Å². The van der Waals surface area contributed by atoms with Gasteiger partial charge >= 0.3 is 176 Å². The van der Waals surface area contributed by atoms with E-state index in [-0.39, 0.29) is 5.97 Å². The Bertz CT molecular complexity index is 559. The van der Waals surface area contributed by atoms with E-state index in [4.69, 9.17) is 16.3 Å². The van der Waals surface area contributed by atoms with Crippen molar-refractivity contribution in [1.82, 2.24) is 0 Å². The van der Waals surface area contributed by atoms with Crippen molar-refractivity contribution in [2.75, 3.05) is 6.61 Å². The Morgan fingerprint density at radius 3 is 1.81 bits per heavy atom. The first-order valence-electron chi connectivity index (χ1n) is 10.7. The van der Waals surface area contributed by atoms with Gasteiger partial charge in [0.1, 0.15) is 0 Å². The normalized spacial score (nSPS) is 12.3. The standard InChI is InChI=1S/C11H10ClO2.3C4H9.Sn/c1-2-14-11(13)8-5-9-3-6-10(12)7-4-9;3*1-3-4-2;/h3-4,6-8H,2H2,1H3;3*1,3-4H2,2H3;. The van der Waals surface area contributed by atoms with E-state index < -0.39 is 18.4 Å². The van der Waals surface area contributed by atoms with Crippen molar-refractivity contribution in [3.05, 3.63) is 40.9 Å². The molecule has 4 heteroatoms. The Balaban J connectivity index is 3.47. The summed E-state index contributed by atoms with van der Waals surface area (Å²) in [4.78, 5) is 12.5. The third-order valence-electron chi connectivity index (χ3n) is 5.30. The van der Waals surface area contributed by atoms with Crippen LogP contribution in [0.5, 0.6) is 0 Å². The summed E-state index contributed by atoms with van der Waals surface area (Å²) in [6.07, 6.45) is 9.27. The molecule has 0 spiro atoms. The van der Waals surface area contributed by atoms with Crippen molar-refractivity contribution < 1.29 is 9.53 Å². The van der Waals surface area contributed by atoms with Crippen molar-refractivity contribution in [2.24, 2.45) is 0 Å². The first-order chi connectivity index (χ1) is 13.0. The Morgan fingerprint density at radius 2 is 1.41 bits per heavy atom. The average Bonchev–Trinajstić information content (AvgIpc) is 2.67. The van der Waals surface area contributed by atoms with Gasteiger partial charge in [-0.1, -0.05) is 0 Å². The summed E-state index contributed by atoms with van der Waals surface area (Å²) < 4.78 is 10.6. The third-order valence-corrected chi connectivity index (χ3v) is 21.3. The van der Waals surface area contributed by atoms with Crippen LogP contribution >= 0.6 is 11.6 Å². The van der Waals surface area contributed by atoms with Crippen LogP contribution in [0.3, 0.4) is 0 Å². The fourth-order valence-electron chi connectivity index (χ4n) is 3.80. The summed E-state index contributed by atoms with van der Waals surface area (Å²) in [6.45, 7) is 9.11. The molecular weight excluding hydrogens is 462 g/mol. The van der Waals surface area contributed by atoms with Crippen LogP contribution < -0.4 is 0 Å². The molecule has 0 unspecified atom stereocenters. The van der Waals surface area contributed by atoms with Gasteiger partial charge in [0.25, 0.3) is 0 Å². The van der Waals surface area contributed by atoms with E-state index >= 15 is 0 Å². The number of rotatable bonds is 13. The van der Waals surface area contributed by atoms with Gasteiger partial charge in [0.15, 0.2) is 0 Å². The molecule has 152 valence electrons. The molecule has 0 saturated heterocycles. The second-order valence-electron chi connectivity index (χ2n) is 7.41. The minimum atomic E-state index is -2.76. The van der Waals surface area contributed by atoms with Gasteiger partial charge in [0.2, 0.25) is 0 Å². The van der Waals surface area contributed by atoms with Gasteiger partial charge in [-0.25, -0.2) is 0 Å². The van der Waals surface area contributed by atoms with E-state index in [1.165, 1.54) is 61.0 Å². The Labute approximate surface area is 175 Å². The molecular formula is C23H37ClO2Sn. The zero-order valence-electron chi connectivity index (χ0n) is 17.7. The number of hydrogen-bond acceptors (Lipinski definition) is 2. The molecule has 0 aliphatic rings. The van der Waals surface area contributed by atoms with E-state index in [0.29, 0.717) is 6.61 Å². The molecule has 0 bridgehead atoms. The number of hydrogen-bond donors (Lipinski definition) is 0. The second-order valence-corrected chi connectivity index (χ2v) is 21.0. The van der Waals surface area contributed by atoms with Crippen LogP contribution in [0.25, 0.3) is 3.59 Å². The number of halogens is 1. The summed E-state index contributed by atoms with van der Waals surface area (Å²) in [6, 6.07) is 8.10. The molecule has 0 aliphatic heterocycles. The van der Waals surface area contributed by atoms with E-state index in [1.54, 1.807) is 0 Å². The zero-order valence-corrected chi connectivity index (χ0v) is 21.3. The van der Waals surface area contributed by atoms with Crippen LogP contribution in [-0.2, 0) is 9.53 Å². The van der Waals surface area contributed by atoms with E-state index in [0.717, 1.165) is 5.02 Å². The van der Waals surface area contributed by atoms with E-state index in [9.17, 15) is 4.79 Å². The molecule has 0 radical (unpaired) electrons. The summed E-state index contributed by atoms with van der Waals surface area (Å²) in [5.74, 6) is -0.187.